The highest BCUT2D eigenvalue weighted by atomic mass is 15.2. The molecule has 5 heteroatoms. The van der Waals surface area contributed by atoms with Crippen molar-refractivity contribution in [2.75, 3.05) is 9.80 Å². The summed E-state index contributed by atoms with van der Waals surface area (Å²) in [5.41, 5.74) is 35.1. The minimum Gasteiger partial charge on any atom is -0.310 e. The minimum atomic E-state index is -1.95. The van der Waals surface area contributed by atoms with E-state index in [0.717, 1.165) is 128 Å². The van der Waals surface area contributed by atoms with Crippen molar-refractivity contribution in [3.63, 3.8) is 0 Å². The lowest BCUT2D eigenvalue weighted by molar-refractivity contribution is 0.411. The third-order valence-electron chi connectivity index (χ3n) is 27.6. The molecule has 0 saturated heterocycles. The van der Waals surface area contributed by atoms with Crippen molar-refractivity contribution in [3.8, 4) is 55.9 Å². The number of benzene rings is 13. The van der Waals surface area contributed by atoms with Gasteiger partial charge in [-0.3, -0.25) is 0 Å². The molecule has 0 atom stereocenters. The van der Waals surface area contributed by atoms with E-state index in [9.17, 15) is 2.74 Å². The van der Waals surface area contributed by atoms with E-state index < -0.39 is 18.5 Å². The van der Waals surface area contributed by atoms with Crippen LogP contribution in [0.4, 0.5) is 34.1 Å². The van der Waals surface area contributed by atoms with Crippen LogP contribution in [0.25, 0.3) is 99.5 Å². The molecular formula is C123H141BN4. The van der Waals surface area contributed by atoms with Crippen LogP contribution in [-0.2, 0) is 60.5 Å². The van der Waals surface area contributed by atoms with Gasteiger partial charge in [0, 0.05) is 80.7 Å². The molecule has 0 unspecified atom stereocenters. The van der Waals surface area contributed by atoms with Crippen LogP contribution in [0, 0.1) is 5.41 Å². The Balaban J connectivity index is 1.13. The van der Waals surface area contributed by atoms with Gasteiger partial charge in [-0.05, 0) is 275 Å². The van der Waals surface area contributed by atoms with Crippen molar-refractivity contribution >= 4 is 101 Å². The highest BCUT2D eigenvalue weighted by Gasteiger charge is 2.47. The number of hydrogen-bond acceptors (Lipinski definition) is 2. The molecule has 0 fully saturated rings. The summed E-state index contributed by atoms with van der Waals surface area (Å²) in [6, 6.07) is 96.3. The highest BCUT2D eigenvalue weighted by Crippen LogP contribution is 2.57. The topological polar surface area (TPSA) is 16.3 Å². The maximum Gasteiger partial charge on any atom is 0.252 e. The van der Waals surface area contributed by atoms with Crippen molar-refractivity contribution in [2.24, 2.45) is 5.41 Å². The van der Waals surface area contributed by atoms with Gasteiger partial charge in [-0.15, -0.1) is 0 Å². The van der Waals surface area contributed by atoms with Crippen LogP contribution in [0.5, 0.6) is 0 Å². The molecule has 2 aromatic heterocycles. The van der Waals surface area contributed by atoms with Crippen molar-refractivity contribution in [1.29, 1.82) is 0 Å². The second-order valence-corrected chi connectivity index (χ2v) is 49.2. The first-order valence-electron chi connectivity index (χ1n) is 48.2. The van der Waals surface area contributed by atoms with E-state index in [0.29, 0.717) is 5.56 Å². The summed E-state index contributed by atoms with van der Waals surface area (Å²) < 4.78 is 27.8. The molecule has 0 aliphatic carbocycles. The van der Waals surface area contributed by atoms with Crippen molar-refractivity contribution in [2.45, 2.75) is 289 Å². The van der Waals surface area contributed by atoms with Crippen LogP contribution in [0.3, 0.4) is 0 Å². The zero-order chi connectivity index (χ0) is 94.1. The lowest BCUT2D eigenvalue weighted by atomic mass is 9.33. The Hall–Kier alpha value is -10.9. The Morgan fingerprint density at radius 2 is 0.477 bits per heavy atom. The Morgan fingerprint density at radius 1 is 0.234 bits per heavy atom. The van der Waals surface area contributed by atoms with Crippen molar-refractivity contribution < 1.29 is 2.74 Å². The van der Waals surface area contributed by atoms with E-state index in [1.165, 1.54) is 77.2 Å². The zero-order valence-electron chi connectivity index (χ0n) is 85.5. The van der Waals surface area contributed by atoms with Gasteiger partial charge < -0.3 is 18.9 Å². The standard InChI is InChI=1S/C123H141BN4/c1-113(2,3)74-75-58-108-110-109(59-75)128(112-94(78-40-36-44-82(62-78)116(10,11)12)70-89(123(31,32)33)71-95(112)79-41-37-45-83(63-79)117(13,14)15)107-73-91(126-104-56-48-86(120(22,23)24)66-98(104)99-67-87(121(25,26)27)49-57-105(99)126)51-53-101(107)124(110)100-52-50-90(125-102-54-46-84(118(16,17)18)64-96(102)97-65-85(119(19,20)21)47-55-103(97)125)72-106(100)127(108)111-92(76-38-34-42-80(60-76)114(4,5)6)68-88(122(28,29)30)69-93(111)77-39-35-43-81(61-77)115(7,8)9/h34-73H,74H2,1-33H3/i74D2. The number of nitrogens with zero attached hydrogens (tertiary/aromatic N) is 4. The van der Waals surface area contributed by atoms with E-state index in [1.807, 2.05) is 0 Å². The van der Waals surface area contributed by atoms with E-state index >= 15 is 0 Å². The smallest absolute Gasteiger partial charge is 0.252 e. The molecule has 0 amide bonds. The second kappa shape index (κ2) is 30.4. The van der Waals surface area contributed by atoms with Crippen LogP contribution >= 0.6 is 0 Å². The average molecular weight is 1690 g/mol. The van der Waals surface area contributed by atoms with Crippen molar-refractivity contribution in [3.05, 3.63) is 304 Å². The van der Waals surface area contributed by atoms with Crippen LogP contribution < -0.4 is 26.2 Å². The molecule has 128 heavy (non-hydrogen) atoms. The fraction of sp³-hybridized carbons (Fsp3) is 0.366. The number of aromatic nitrogens is 2. The lowest BCUT2D eigenvalue weighted by Crippen LogP contribution is -2.61. The normalized spacial score (nSPS) is 14.3. The molecular weight excluding hydrogens is 1540 g/mol. The fourth-order valence-electron chi connectivity index (χ4n) is 19.8. The van der Waals surface area contributed by atoms with Crippen LogP contribution in [0.15, 0.2) is 243 Å². The molecule has 656 valence electrons. The quantitative estimate of drug-likeness (QED) is 0.134. The Morgan fingerprint density at radius 3 is 0.711 bits per heavy atom. The van der Waals surface area contributed by atoms with E-state index in [-0.39, 0.29) is 54.1 Å². The molecule has 0 N–H and O–H groups in total. The first kappa shape index (κ1) is 86.5. The van der Waals surface area contributed by atoms with Gasteiger partial charge in [0.2, 0.25) is 0 Å². The summed E-state index contributed by atoms with van der Waals surface area (Å²) in [6.07, 6.45) is -1.95. The molecule has 4 nitrogen and oxygen atoms in total. The average Bonchev–Trinajstić information content (AvgIpc) is 0.693. The van der Waals surface area contributed by atoms with E-state index in [4.69, 9.17) is 0 Å². The van der Waals surface area contributed by atoms with E-state index in [2.05, 4.69) is 490 Å². The largest absolute Gasteiger partial charge is 0.310 e. The van der Waals surface area contributed by atoms with Crippen LogP contribution in [-0.4, -0.2) is 15.8 Å². The Kier molecular flexibility index (Phi) is 20.5. The van der Waals surface area contributed by atoms with Crippen molar-refractivity contribution in [1.82, 2.24) is 9.13 Å². The van der Waals surface area contributed by atoms with Gasteiger partial charge in [0.1, 0.15) is 0 Å². The Labute approximate surface area is 771 Å². The van der Waals surface area contributed by atoms with Gasteiger partial charge >= 0.3 is 0 Å². The maximum atomic E-state index is 11.3. The summed E-state index contributed by atoms with van der Waals surface area (Å²) in [5.74, 6) is 0. The van der Waals surface area contributed by atoms with Gasteiger partial charge in [0.05, 0.1) is 33.4 Å². The third kappa shape index (κ3) is 16.2. The highest BCUT2D eigenvalue weighted by molar-refractivity contribution is 7.00. The van der Waals surface area contributed by atoms with Gasteiger partial charge in [-0.2, -0.15) is 0 Å². The zero-order valence-corrected chi connectivity index (χ0v) is 83.5. The molecule has 2 aliphatic heterocycles. The van der Waals surface area contributed by atoms with Gasteiger partial charge in [-0.1, -0.05) is 362 Å². The minimum absolute atomic E-state index is 0.114. The summed E-state index contributed by atoms with van der Waals surface area (Å²) in [7, 11) is 0. The SMILES string of the molecule is [2H]C([2H])(c1cc2c3c(c1)N(c1c(-c4cccc(C(C)(C)C)c4)cc(C(C)(C)C)cc1-c1cccc(C(C)(C)C)c1)c1cc(-n4c5ccc(C(C)(C)C)cc5c5cc(C(C)(C)C)ccc54)ccc1B3c1ccc(-n3c4ccc(C(C)(C)C)cc4c4cc(C(C)(C)C)ccc43)cc1N2c1c(-c2cccc(C(C)(C)C)c2)cc(C(C)(C)C)cc1-c1cccc(C(C)(C)C)c1)C(C)(C)C. The third-order valence-corrected chi connectivity index (χ3v) is 27.6. The van der Waals surface area contributed by atoms with Gasteiger partial charge in [-0.25, -0.2) is 0 Å². The first-order chi connectivity index (χ1) is 60.2. The van der Waals surface area contributed by atoms with Gasteiger partial charge in [0.15, 0.2) is 0 Å². The molecule has 0 bridgehead atoms. The molecule has 0 saturated carbocycles. The lowest BCUT2D eigenvalue weighted by Gasteiger charge is -2.46. The molecule has 0 spiro atoms. The Bertz CT molecular complexity index is 6380. The molecule has 15 aromatic rings. The number of anilines is 6. The monoisotopic (exact) mass is 1690 g/mol. The van der Waals surface area contributed by atoms with E-state index in [1.54, 1.807) is 0 Å². The molecule has 17 rings (SSSR count). The molecule has 2 aliphatic rings. The summed E-state index contributed by atoms with van der Waals surface area (Å²) >= 11 is 0. The fourth-order valence-corrected chi connectivity index (χ4v) is 19.8. The molecule has 0 radical (unpaired) electrons. The first-order valence-corrected chi connectivity index (χ1v) is 47.2. The maximum absolute atomic E-state index is 11.3. The number of fused-ring (bicyclic) bond motifs is 10. The molecule has 4 heterocycles. The predicted octanol–water partition coefficient (Wildman–Crippen LogP) is 33.2. The summed E-state index contributed by atoms with van der Waals surface area (Å²) in [5, 5.41) is 4.89. The number of hydrogen-bond donors (Lipinski definition) is 0. The molecule has 13 aromatic carbocycles. The number of rotatable bonds is 9. The van der Waals surface area contributed by atoms with Crippen LogP contribution in [0.1, 0.15) is 292 Å². The summed E-state index contributed by atoms with van der Waals surface area (Å²) in [4.78, 5) is 5.36. The van der Waals surface area contributed by atoms with Crippen LogP contribution in [0.2, 0.25) is 0 Å². The second-order valence-electron chi connectivity index (χ2n) is 49.2. The summed E-state index contributed by atoms with van der Waals surface area (Å²) in [6.45, 7) is 76.1. The predicted molar refractivity (Wildman–Crippen MR) is 561 cm³/mol. The van der Waals surface area contributed by atoms with Gasteiger partial charge in [0.25, 0.3) is 6.71 Å².